The summed E-state index contributed by atoms with van der Waals surface area (Å²) < 4.78 is 38.4. The minimum atomic E-state index is -0.970. The highest BCUT2D eigenvalue weighted by Crippen LogP contribution is 2.33. The van der Waals surface area contributed by atoms with Gasteiger partial charge in [-0.15, -0.1) is 0 Å². The quantitative estimate of drug-likeness (QED) is 0.448. The number of likely N-dealkylation sites (tertiary alicyclic amines) is 1. The van der Waals surface area contributed by atoms with E-state index in [2.05, 4.69) is 19.9 Å². The Morgan fingerprint density at radius 2 is 1.94 bits per heavy atom. The van der Waals surface area contributed by atoms with Crippen molar-refractivity contribution in [3.8, 4) is 17.0 Å². The van der Waals surface area contributed by atoms with Gasteiger partial charge in [-0.3, -0.25) is 9.78 Å². The number of hydrogen-bond acceptors (Lipinski definition) is 7. The number of rotatable bonds is 5. The van der Waals surface area contributed by atoms with Crippen molar-refractivity contribution in [2.75, 3.05) is 18.8 Å². The molecule has 0 spiro atoms. The number of ether oxygens (including phenoxy) is 1. The third kappa shape index (κ3) is 4.00. The molecule has 3 aromatic heterocycles. The van der Waals surface area contributed by atoms with Gasteiger partial charge in [0.05, 0.1) is 24.8 Å². The monoisotopic (exact) mass is 493 g/mol. The molecule has 0 bridgehead atoms. The first kappa shape index (κ1) is 23.6. The zero-order valence-corrected chi connectivity index (χ0v) is 20.3. The van der Waals surface area contributed by atoms with Crippen LogP contribution >= 0.6 is 0 Å². The number of nitrogens with two attached hydrogens (primary N) is 1. The van der Waals surface area contributed by atoms with Crippen molar-refractivity contribution in [1.29, 1.82) is 0 Å². The normalized spacial score (nSPS) is 14.8. The standard InChI is InChI=1S/C25H25F2N7O2/c1-13(2)34-14(3)30-21-17(26)8-15(9-18(21)34)20-19(27)22(32-24(28)31-20)23(35)33-11-25(4,12-33)36-16-6-5-7-29-10-16/h5-10,13H,11-12H2,1-4H3,(H2,28,31,32). The minimum absolute atomic E-state index is 0.00304. The molecule has 11 heteroatoms. The summed E-state index contributed by atoms with van der Waals surface area (Å²) in [5, 5.41) is 0. The molecule has 0 saturated carbocycles. The lowest BCUT2D eigenvalue weighted by Gasteiger charge is -2.47. The van der Waals surface area contributed by atoms with Crippen molar-refractivity contribution in [1.82, 2.24) is 29.4 Å². The topological polar surface area (TPSA) is 112 Å². The fourth-order valence-corrected chi connectivity index (χ4v) is 4.67. The van der Waals surface area contributed by atoms with Crippen molar-refractivity contribution < 1.29 is 18.3 Å². The molecule has 9 nitrogen and oxygen atoms in total. The van der Waals surface area contributed by atoms with E-state index in [0.717, 1.165) is 6.07 Å². The van der Waals surface area contributed by atoms with Crippen LogP contribution in [0.1, 0.15) is 43.1 Å². The van der Waals surface area contributed by atoms with Gasteiger partial charge in [-0.25, -0.2) is 23.7 Å². The second-order valence-electron chi connectivity index (χ2n) is 9.44. The number of carbonyl (C=O) groups excluding carboxylic acids is 1. The fourth-order valence-electron chi connectivity index (χ4n) is 4.67. The number of amides is 1. The van der Waals surface area contributed by atoms with E-state index in [9.17, 15) is 9.18 Å². The van der Waals surface area contributed by atoms with Gasteiger partial charge in [0.25, 0.3) is 5.91 Å². The summed E-state index contributed by atoms with van der Waals surface area (Å²) in [6, 6.07) is 6.25. The summed E-state index contributed by atoms with van der Waals surface area (Å²) in [6.45, 7) is 7.94. The highest BCUT2D eigenvalue weighted by molar-refractivity contribution is 5.95. The Morgan fingerprint density at radius 1 is 1.19 bits per heavy atom. The van der Waals surface area contributed by atoms with Crippen molar-refractivity contribution in [2.24, 2.45) is 0 Å². The number of benzene rings is 1. The second kappa shape index (κ2) is 8.51. The van der Waals surface area contributed by atoms with Gasteiger partial charge in [0.15, 0.2) is 17.3 Å². The molecule has 1 saturated heterocycles. The van der Waals surface area contributed by atoms with E-state index in [-0.39, 0.29) is 41.9 Å². The van der Waals surface area contributed by atoms with E-state index in [0.29, 0.717) is 17.1 Å². The Labute approximate surface area is 206 Å². The molecule has 4 heterocycles. The molecule has 1 amide bonds. The predicted molar refractivity (Wildman–Crippen MR) is 129 cm³/mol. The number of aromatic nitrogens is 5. The van der Waals surface area contributed by atoms with Gasteiger partial charge in [0.2, 0.25) is 5.95 Å². The van der Waals surface area contributed by atoms with E-state index in [1.807, 2.05) is 25.3 Å². The van der Waals surface area contributed by atoms with Gasteiger partial charge in [-0.1, -0.05) is 0 Å². The molecule has 0 aliphatic carbocycles. The number of carbonyl (C=O) groups is 1. The van der Waals surface area contributed by atoms with Gasteiger partial charge in [0.1, 0.15) is 28.4 Å². The van der Waals surface area contributed by atoms with E-state index in [4.69, 9.17) is 10.5 Å². The lowest BCUT2D eigenvalue weighted by molar-refractivity contribution is -0.0486. The maximum atomic E-state index is 15.6. The van der Waals surface area contributed by atoms with Crippen LogP contribution in [0.15, 0.2) is 36.7 Å². The molecule has 2 N–H and O–H groups in total. The molecule has 1 fully saturated rings. The van der Waals surface area contributed by atoms with Gasteiger partial charge in [-0.05, 0) is 52.0 Å². The van der Waals surface area contributed by atoms with Crippen molar-refractivity contribution in [3.05, 3.63) is 59.8 Å². The molecule has 1 aliphatic heterocycles. The molecule has 0 unspecified atom stereocenters. The minimum Gasteiger partial charge on any atom is -0.482 e. The van der Waals surface area contributed by atoms with Crippen LogP contribution < -0.4 is 10.5 Å². The largest absolute Gasteiger partial charge is 0.482 e. The molecule has 0 radical (unpaired) electrons. The molecule has 0 atom stereocenters. The van der Waals surface area contributed by atoms with E-state index in [1.165, 1.54) is 4.90 Å². The fraction of sp³-hybridized carbons (Fsp3) is 0.320. The van der Waals surface area contributed by atoms with Gasteiger partial charge >= 0.3 is 0 Å². The summed E-state index contributed by atoms with van der Waals surface area (Å²) in [6.07, 6.45) is 3.21. The van der Waals surface area contributed by atoms with Gasteiger partial charge in [0, 0.05) is 17.8 Å². The Balaban J connectivity index is 1.47. The zero-order valence-electron chi connectivity index (χ0n) is 20.3. The summed E-state index contributed by atoms with van der Waals surface area (Å²) >= 11 is 0. The average Bonchev–Trinajstić information content (AvgIpc) is 3.15. The number of anilines is 1. The smallest absolute Gasteiger partial charge is 0.276 e. The highest BCUT2D eigenvalue weighted by Gasteiger charge is 2.45. The molecular formula is C25H25F2N7O2. The first-order valence-electron chi connectivity index (χ1n) is 11.5. The highest BCUT2D eigenvalue weighted by atomic mass is 19.1. The number of fused-ring (bicyclic) bond motifs is 1. The Bertz CT molecular complexity index is 1480. The van der Waals surface area contributed by atoms with Crippen molar-refractivity contribution in [2.45, 2.75) is 39.3 Å². The number of imidazole rings is 1. The van der Waals surface area contributed by atoms with Crippen LogP contribution in [0, 0.1) is 18.6 Å². The van der Waals surface area contributed by atoms with Crippen LogP contribution in [0.5, 0.6) is 5.75 Å². The lowest BCUT2D eigenvalue weighted by atomic mass is 9.95. The predicted octanol–water partition coefficient (Wildman–Crippen LogP) is 3.93. The van der Waals surface area contributed by atoms with Gasteiger partial charge in [-0.2, -0.15) is 0 Å². The average molecular weight is 494 g/mol. The molecule has 186 valence electrons. The molecule has 5 rings (SSSR count). The number of pyridine rings is 1. The molecule has 4 aromatic rings. The summed E-state index contributed by atoms with van der Waals surface area (Å²) in [4.78, 5) is 30.7. The second-order valence-corrected chi connectivity index (χ2v) is 9.44. The summed E-state index contributed by atoms with van der Waals surface area (Å²) in [5.41, 5.74) is 5.27. The lowest BCUT2D eigenvalue weighted by Crippen LogP contribution is -2.65. The van der Waals surface area contributed by atoms with Crippen LogP contribution in [-0.2, 0) is 0 Å². The Hall–Kier alpha value is -4.15. The first-order valence-corrected chi connectivity index (χ1v) is 11.5. The third-order valence-electron chi connectivity index (χ3n) is 6.12. The number of hydrogen-bond donors (Lipinski definition) is 1. The third-order valence-corrected chi connectivity index (χ3v) is 6.12. The van der Waals surface area contributed by atoms with Crippen molar-refractivity contribution >= 4 is 22.9 Å². The molecule has 36 heavy (non-hydrogen) atoms. The summed E-state index contributed by atoms with van der Waals surface area (Å²) in [5.74, 6) is -1.34. The van der Waals surface area contributed by atoms with Crippen LogP contribution in [0.4, 0.5) is 14.7 Å². The van der Waals surface area contributed by atoms with Crippen LogP contribution in [0.3, 0.4) is 0 Å². The van der Waals surface area contributed by atoms with Crippen LogP contribution in [-0.4, -0.2) is 54.0 Å². The van der Waals surface area contributed by atoms with E-state index >= 15 is 4.39 Å². The van der Waals surface area contributed by atoms with E-state index < -0.39 is 28.8 Å². The number of nitrogens with zero attached hydrogens (tertiary/aromatic N) is 6. The SMILES string of the molecule is Cc1nc2c(F)cc(-c3nc(N)nc(C(=O)N4CC(C)(Oc5cccnc5)C4)c3F)cc2n1C(C)C. The number of aryl methyl sites for hydroxylation is 1. The maximum absolute atomic E-state index is 15.6. The molecular weight excluding hydrogens is 468 g/mol. The van der Waals surface area contributed by atoms with Crippen molar-refractivity contribution in [3.63, 3.8) is 0 Å². The zero-order chi connectivity index (χ0) is 25.8. The number of nitrogen functional groups attached to an aromatic ring is 1. The Kier molecular flexibility index (Phi) is 5.57. The van der Waals surface area contributed by atoms with E-state index in [1.54, 1.807) is 37.5 Å². The number of halogens is 2. The van der Waals surface area contributed by atoms with Gasteiger partial charge < -0.3 is 19.9 Å². The van der Waals surface area contributed by atoms with Crippen LogP contribution in [0.25, 0.3) is 22.3 Å². The Morgan fingerprint density at radius 3 is 2.61 bits per heavy atom. The molecule has 1 aromatic carbocycles. The van der Waals surface area contributed by atoms with Crippen LogP contribution in [0.2, 0.25) is 0 Å². The molecule has 1 aliphatic rings. The summed E-state index contributed by atoms with van der Waals surface area (Å²) in [7, 11) is 0. The first-order chi connectivity index (χ1) is 17.1. The maximum Gasteiger partial charge on any atom is 0.276 e.